The number of carboxylic acid groups (broad SMARTS) is 1. The Labute approximate surface area is 122 Å². The number of hydrogen-bond acceptors (Lipinski definition) is 3. The van der Waals surface area contributed by atoms with Gasteiger partial charge in [0.25, 0.3) is 0 Å². The molecular formula is C13H17ClN2O4. The number of carbonyl (C=O) groups is 2. The van der Waals surface area contributed by atoms with E-state index < -0.39 is 18.1 Å². The van der Waals surface area contributed by atoms with Crippen LogP contribution in [0.5, 0.6) is 0 Å². The Hall–Kier alpha value is -1.79. The number of methoxy groups -OCH3 is 1. The number of benzene rings is 1. The number of ether oxygens (including phenoxy) is 1. The first-order valence-corrected chi connectivity index (χ1v) is 6.37. The molecular weight excluding hydrogens is 284 g/mol. The minimum atomic E-state index is -1.13. The number of carboxylic acids is 1. The molecule has 0 heterocycles. The van der Waals surface area contributed by atoms with Crippen LogP contribution in [0.3, 0.4) is 0 Å². The van der Waals surface area contributed by atoms with Crippen LogP contribution < -0.4 is 10.6 Å². The summed E-state index contributed by atoms with van der Waals surface area (Å²) in [5.41, 5.74) is 0.895. The van der Waals surface area contributed by atoms with Crippen molar-refractivity contribution in [2.75, 3.05) is 13.7 Å². The van der Waals surface area contributed by atoms with Gasteiger partial charge in [-0.15, -0.1) is 0 Å². The average molecular weight is 301 g/mol. The standard InChI is InChI=1S/C13H17ClN2O4/c1-8(9-3-5-10(14)6-4-9)16-13(19)15-7-11(20-2)12(17)18/h3-6,8,11H,7H2,1-2H3,(H,17,18)(H2,15,16,19). The molecule has 0 aliphatic heterocycles. The highest BCUT2D eigenvalue weighted by Gasteiger charge is 2.17. The number of carbonyl (C=O) groups excluding carboxylic acids is 1. The summed E-state index contributed by atoms with van der Waals surface area (Å²) >= 11 is 5.78. The average Bonchev–Trinajstić information content (AvgIpc) is 2.39. The van der Waals surface area contributed by atoms with E-state index in [1.807, 2.05) is 19.1 Å². The molecule has 1 rings (SSSR count). The molecule has 1 aromatic carbocycles. The molecule has 0 spiro atoms. The maximum absolute atomic E-state index is 11.6. The number of halogens is 1. The molecule has 0 radical (unpaired) electrons. The van der Waals surface area contributed by atoms with Crippen LogP contribution in [-0.2, 0) is 9.53 Å². The molecule has 20 heavy (non-hydrogen) atoms. The van der Waals surface area contributed by atoms with Gasteiger partial charge < -0.3 is 20.5 Å². The molecule has 0 aliphatic carbocycles. The Morgan fingerprint density at radius 1 is 1.35 bits per heavy atom. The number of rotatable bonds is 6. The highest BCUT2D eigenvalue weighted by Crippen LogP contribution is 2.15. The van der Waals surface area contributed by atoms with Crippen LogP contribution in [0.1, 0.15) is 18.5 Å². The molecule has 110 valence electrons. The summed E-state index contributed by atoms with van der Waals surface area (Å²) in [6.45, 7) is 1.71. The SMILES string of the molecule is COC(CNC(=O)NC(C)c1ccc(Cl)cc1)C(=O)O. The Morgan fingerprint density at radius 2 is 1.95 bits per heavy atom. The summed E-state index contributed by atoms with van der Waals surface area (Å²) in [6, 6.07) is 6.40. The quantitative estimate of drug-likeness (QED) is 0.747. The van der Waals surface area contributed by atoms with Gasteiger partial charge in [-0.2, -0.15) is 0 Å². The van der Waals surface area contributed by atoms with Crippen molar-refractivity contribution >= 4 is 23.6 Å². The summed E-state index contributed by atoms with van der Waals surface area (Å²) in [5, 5.41) is 14.5. The first-order valence-electron chi connectivity index (χ1n) is 5.99. The second-order valence-corrected chi connectivity index (χ2v) is 4.63. The van der Waals surface area contributed by atoms with Gasteiger partial charge in [-0.25, -0.2) is 9.59 Å². The van der Waals surface area contributed by atoms with E-state index in [1.165, 1.54) is 7.11 Å². The van der Waals surface area contributed by atoms with Crippen molar-refractivity contribution in [3.05, 3.63) is 34.9 Å². The van der Waals surface area contributed by atoms with Crippen molar-refractivity contribution < 1.29 is 19.4 Å². The molecule has 2 amide bonds. The lowest BCUT2D eigenvalue weighted by molar-refractivity contribution is -0.147. The normalized spacial score (nSPS) is 13.3. The lowest BCUT2D eigenvalue weighted by atomic mass is 10.1. The number of amides is 2. The smallest absolute Gasteiger partial charge is 0.334 e. The number of hydrogen-bond donors (Lipinski definition) is 3. The summed E-state index contributed by atoms with van der Waals surface area (Å²) in [5.74, 6) is -1.13. The summed E-state index contributed by atoms with van der Waals surface area (Å²) < 4.78 is 4.71. The molecule has 0 saturated heterocycles. The highest BCUT2D eigenvalue weighted by atomic mass is 35.5. The minimum absolute atomic E-state index is 0.106. The van der Waals surface area contributed by atoms with Gasteiger partial charge >= 0.3 is 12.0 Å². The van der Waals surface area contributed by atoms with Gasteiger partial charge in [0.15, 0.2) is 6.10 Å². The van der Waals surface area contributed by atoms with Crippen LogP contribution in [0.2, 0.25) is 5.02 Å². The van der Waals surface area contributed by atoms with E-state index in [4.69, 9.17) is 21.4 Å². The lowest BCUT2D eigenvalue weighted by Crippen LogP contribution is -2.43. The zero-order valence-corrected chi connectivity index (χ0v) is 12.0. The van der Waals surface area contributed by atoms with Crippen LogP contribution >= 0.6 is 11.6 Å². The fourth-order valence-electron chi connectivity index (χ4n) is 1.54. The van der Waals surface area contributed by atoms with Crippen molar-refractivity contribution in [3.8, 4) is 0 Å². The zero-order valence-electron chi connectivity index (χ0n) is 11.2. The van der Waals surface area contributed by atoms with Crippen LogP contribution in [0.4, 0.5) is 4.79 Å². The summed E-state index contributed by atoms with van der Waals surface area (Å²) in [4.78, 5) is 22.3. The molecule has 7 heteroatoms. The van der Waals surface area contributed by atoms with Crippen molar-refractivity contribution in [3.63, 3.8) is 0 Å². The minimum Gasteiger partial charge on any atom is -0.479 e. The number of nitrogens with one attached hydrogen (secondary N) is 2. The number of aliphatic carboxylic acids is 1. The molecule has 1 aromatic rings. The van der Waals surface area contributed by atoms with E-state index >= 15 is 0 Å². The van der Waals surface area contributed by atoms with Crippen LogP contribution in [0.15, 0.2) is 24.3 Å². The predicted molar refractivity (Wildman–Crippen MR) is 74.8 cm³/mol. The van der Waals surface area contributed by atoms with Gasteiger partial charge in [0.05, 0.1) is 12.6 Å². The Balaban J connectivity index is 2.45. The van der Waals surface area contributed by atoms with Crippen molar-refractivity contribution in [1.29, 1.82) is 0 Å². The molecule has 6 nitrogen and oxygen atoms in total. The predicted octanol–water partition coefficient (Wildman–Crippen LogP) is 1.80. The first-order chi connectivity index (χ1) is 9.43. The Morgan fingerprint density at radius 3 is 2.45 bits per heavy atom. The van der Waals surface area contributed by atoms with Gasteiger partial charge in [0.1, 0.15) is 0 Å². The molecule has 2 unspecified atom stereocenters. The largest absolute Gasteiger partial charge is 0.479 e. The maximum atomic E-state index is 11.6. The van der Waals surface area contributed by atoms with E-state index in [0.29, 0.717) is 5.02 Å². The maximum Gasteiger partial charge on any atom is 0.334 e. The fraction of sp³-hybridized carbons (Fsp3) is 0.385. The van der Waals surface area contributed by atoms with Crippen LogP contribution in [0.25, 0.3) is 0 Å². The third-order valence-electron chi connectivity index (χ3n) is 2.73. The van der Waals surface area contributed by atoms with E-state index in [1.54, 1.807) is 12.1 Å². The molecule has 2 atom stereocenters. The zero-order chi connectivity index (χ0) is 15.1. The van der Waals surface area contributed by atoms with E-state index in [9.17, 15) is 9.59 Å². The van der Waals surface area contributed by atoms with Gasteiger partial charge in [0.2, 0.25) is 0 Å². The molecule has 0 aromatic heterocycles. The summed E-state index contributed by atoms with van der Waals surface area (Å²) in [6.07, 6.45) is -1.06. The molecule has 0 saturated carbocycles. The molecule has 0 aliphatic rings. The highest BCUT2D eigenvalue weighted by molar-refractivity contribution is 6.30. The van der Waals surface area contributed by atoms with Crippen molar-refractivity contribution in [1.82, 2.24) is 10.6 Å². The van der Waals surface area contributed by atoms with Gasteiger partial charge in [0, 0.05) is 12.1 Å². The lowest BCUT2D eigenvalue weighted by Gasteiger charge is -2.16. The van der Waals surface area contributed by atoms with E-state index in [2.05, 4.69) is 10.6 Å². The topological polar surface area (TPSA) is 87.7 Å². The van der Waals surface area contributed by atoms with Crippen LogP contribution in [0, 0.1) is 0 Å². The fourth-order valence-corrected chi connectivity index (χ4v) is 1.67. The van der Waals surface area contributed by atoms with E-state index in [-0.39, 0.29) is 12.6 Å². The van der Waals surface area contributed by atoms with E-state index in [0.717, 1.165) is 5.56 Å². The van der Waals surface area contributed by atoms with Crippen molar-refractivity contribution in [2.45, 2.75) is 19.1 Å². The molecule has 0 fully saturated rings. The van der Waals surface area contributed by atoms with Gasteiger partial charge in [-0.3, -0.25) is 0 Å². The Bertz CT molecular complexity index is 464. The van der Waals surface area contributed by atoms with Crippen LogP contribution in [-0.4, -0.2) is 36.9 Å². The van der Waals surface area contributed by atoms with Gasteiger partial charge in [-0.05, 0) is 24.6 Å². The van der Waals surface area contributed by atoms with Gasteiger partial charge in [-0.1, -0.05) is 23.7 Å². The second-order valence-electron chi connectivity index (χ2n) is 4.19. The summed E-state index contributed by atoms with van der Waals surface area (Å²) in [7, 11) is 1.27. The first kappa shape index (κ1) is 16.3. The third kappa shape index (κ3) is 5.07. The van der Waals surface area contributed by atoms with Crippen molar-refractivity contribution in [2.24, 2.45) is 0 Å². The third-order valence-corrected chi connectivity index (χ3v) is 2.98. The second kappa shape index (κ2) is 7.72. The monoisotopic (exact) mass is 300 g/mol. The Kier molecular flexibility index (Phi) is 6.27. The molecule has 3 N–H and O–H groups in total. The number of urea groups is 1. The molecule has 0 bridgehead atoms.